The minimum atomic E-state index is -0.327. The number of piperazine rings is 1. The van der Waals surface area contributed by atoms with Crippen LogP contribution in [0.3, 0.4) is 0 Å². The number of ether oxygens (including phenoxy) is 1. The highest BCUT2D eigenvalue weighted by atomic mass is 32.2. The van der Waals surface area contributed by atoms with Crippen LogP contribution in [0, 0.1) is 18.3 Å². The number of carbonyl (C=O) groups is 1. The molecule has 2 aromatic rings. The third-order valence-electron chi connectivity index (χ3n) is 6.91. The number of pyridine rings is 1. The van der Waals surface area contributed by atoms with Gasteiger partial charge in [0.1, 0.15) is 21.8 Å². The van der Waals surface area contributed by atoms with Crippen LogP contribution in [0.15, 0.2) is 40.0 Å². The van der Waals surface area contributed by atoms with Gasteiger partial charge in [-0.15, -0.1) is 0 Å². The quantitative estimate of drug-likeness (QED) is 0.266. The normalized spacial score (nSPS) is 17.5. The number of nitriles is 1. The number of aromatic nitrogens is 1. The van der Waals surface area contributed by atoms with Crippen LogP contribution in [0.1, 0.15) is 35.6 Å². The molecule has 8 nitrogen and oxygen atoms in total. The van der Waals surface area contributed by atoms with Crippen LogP contribution in [-0.4, -0.2) is 70.5 Å². The molecule has 0 bridgehead atoms. The van der Waals surface area contributed by atoms with Gasteiger partial charge in [0.2, 0.25) is 0 Å². The molecule has 10 heteroatoms. The van der Waals surface area contributed by atoms with E-state index in [0.717, 1.165) is 44.1 Å². The van der Waals surface area contributed by atoms with Gasteiger partial charge in [-0.1, -0.05) is 54.3 Å². The number of rotatable bonds is 9. The van der Waals surface area contributed by atoms with Crippen molar-refractivity contribution in [1.82, 2.24) is 14.4 Å². The van der Waals surface area contributed by atoms with E-state index < -0.39 is 0 Å². The van der Waals surface area contributed by atoms with Gasteiger partial charge in [-0.2, -0.15) is 5.26 Å². The van der Waals surface area contributed by atoms with Crippen LogP contribution >= 0.6 is 24.0 Å². The highest BCUT2D eigenvalue weighted by Gasteiger charge is 2.33. The molecule has 1 amide bonds. The second kappa shape index (κ2) is 12.7. The van der Waals surface area contributed by atoms with Crippen LogP contribution in [0.5, 0.6) is 0 Å². The third-order valence-corrected chi connectivity index (χ3v) is 8.29. The van der Waals surface area contributed by atoms with E-state index in [9.17, 15) is 14.9 Å². The van der Waals surface area contributed by atoms with Crippen molar-refractivity contribution in [2.24, 2.45) is 7.05 Å². The Hall–Kier alpha value is -2.97. The van der Waals surface area contributed by atoms with Crippen molar-refractivity contribution >= 4 is 46.1 Å². The van der Waals surface area contributed by atoms with E-state index in [2.05, 4.69) is 40.1 Å². The van der Waals surface area contributed by atoms with Gasteiger partial charge in [0.05, 0.1) is 4.91 Å². The molecule has 2 aliphatic rings. The van der Waals surface area contributed by atoms with E-state index in [-0.39, 0.29) is 17.0 Å². The molecule has 0 radical (unpaired) electrons. The van der Waals surface area contributed by atoms with Crippen LogP contribution in [0.4, 0.5) is 5.82 Å². The SMILES string of the molecule is CCOCCCN1C(=O)/C(=C/c2c(C)c(C#N)c(=O)n(C)c2N2CCN(Cc3ccccc3)CC2)SC1=S. The number of thiocarbonyl (C=S) groups is 1. The number of hydrogen-bond donors (Lipinski definition) is 0. The van der Waals surface area contributed by atoms with Crippen molar-refractivity contribution in [1.29, 1.82) is 5.26 Å². The lowest BCUT2D eigenvalue weighted by atomic mass is 10.0. The van der Waals surface area contributed by atoms with Gasteiger partial charge in [-0.05, 0) is 37.5 Å². The summed E-state index contributed by atoms with van der Waals surface area (Å²) in [5, 5.41) is 9.74. The summed E-state index contributed by atoms with van der Waals surface area (Å²) in [5.74, 6) is 0.578. The molecule has 0 atom stereocenters. The van der Waals surface area contributed by atoms with E-state index in [1.807, 2.05) is 19.1 Å². The Morgan fingerprint density at radius 3 is 2.53 bits per heavy atom. The molecule has 3 heterocycles. The Bertz CT molecular complexity index is 1320. The van der Waals surface area contributed by atoms with Crippen molar-refractivity contribution in [3.8, 4) is 6.07 Å². The summed E-state index contributed by atoms with van der Waals surface area (Å²) in [5.41, 5.74) is 2.34. The zero-order valence-electron chi connectivity index (χ0n) is 22.1. The number of amides is 1. The summed E-state index contributed by atoms with van der Waals surface area (Å²) in [6.07, 6.45) is 2.51. The average molecular weight is 552 g/mol. The predicted molar refractivity (Wildman–Crippen MR) is 156 cm³/mol. The van der Waals surface area contributed by atoms with E-state index in [1.165, 1.54) is 17.3 Å². The molecule has 1 aromatic heterocycles. The van der Waals surface area contributed by atoms with Gasteiger partial charge in [0.25, 0.3) is 11.5 Å². The smallest absolute Gasteiger partial charge is 0.270 e. The number of anilines is 1. The van der Waals surface area contributed by atoms with Gasteiger partial charge in [0, 0.05) is 65.1 Å². The van der Waals surface area contributed by atoms with Gasteiger partial charge in [0.15, 0.2) is 0 Å². The molecule has 2 fully saturated rings. The first kappa shape index (κ1) is 28.0. The van der Waals surface area contributed by atoms with Crippen molar-refractivity contribution in [2.75, 3.05) is 50.8 Å². The van der Waals surface area contributed by atoms with Gasteiger partial charge in [-0.3, -0.25) is 24.0 Å². The molecule has 0 spiro atoms. The Balaban J connectivity index is 1.61. The molecule has 0 aliphatic carbocycles. The molecule has 0 N–H and O–H groups in total. The van der Waals surface area contributed by atoms with E-state index in [1.54, 1.807) is 23.4 Å². The molecule has 0 saturated carbocycles. The fourth-order valence-corrected chi connectivity index (χ4v) is 6.14. The fraction of sp³-hybridized carbons (Fsp3) is 0.429. The topological polar surface area (TPSA) is 81.8 Å². The number of thioether (sulfide) groups is 1. The first-order valence-corrected chi connectivity index (χ1v) is 14.1. The molecule has 4 rings (SSSR count). The average Bonchev–Trinajstić information content (AvgIpc) is 3.18. The summed E-state index contributed by atoms with van der Waals surface area (Å²) in [7, 11) is 1.70. The molecular weight excluding hydrogens is 518 g/mol. The van der Waals surface area contributed by atoms with Crippen molar-refractivity contribution < 1.29 is 9.53 Å². The van der Waals surface area contributed by atoms with Crippen molar-refractivity contribution in [3.05, 3.63) is 67.8 Å². The lowest BCUT2D eigenvalue weighted by Gasteiger charge is -2.37. The van der Waals surface area contributed by atoms with Gasteiger partial charge >= 0.3 is 0 Å². The summed E-state index contributed by atoms with van der Waals surface area (Å²) < 4.78 is 7.46. The number of hydrogen-bond acceptors (Lipinski definition) is 8. The second-order valence-corrected chi connectivity index (χ2v) is 11.0. The molecule has 0 unspecified atom stereocenters. The number of nitrogens with zero attached hydrogens (tertiary/aromatic N) is 5. The predicted octanol–water partition coefficient (Wildman–Crippen LogP) is 3.52. The summed E-state index contributed by atoms with van der Waals surface area (Å²) in [6, 6.07) is 12.5. The largest absolute Gasteiger partial charge is 0.382 e. The maximum absolute atomic E-state index is 13.3. The maximum Gasteiger partial charge on any atom is 0.270 e. The van der Waals surface area contributed by atoms with Crippen LogP contribution in [0.2, 0.25) is 0 Å². The Morgan fingerprint density at radius 2 is 1.87 bits per heavy atom. The standard InChI is InChI=1S/C28H33N5O3S2/c1-4-36-16-8-11-33-27(35)24(38-28(33)37)17-22-20(2)23(18-29)26(34)30(3)25(22)32-14-12-31(13-15-32)19-21-9-6-5-7-10-21/h5-7,9-10,17H,4,8,11-16,19H2,1-3H3/b24-17-. The fourth-order valence-electron chi connectivity index (χ4n) is 4.85. The van der Waals surface area contributed by atoms with E-state index in [0.29, 0.717) is 41.0 Å². The maximum atomic E-state index is 13.3. The highest BCUT2D eigenvalue weighted by molar-refractivity contribution is 8.26. The minimum absolute atomic E-state index is 0.0948. The zero-order valence-corrected chi connectivity index (χ0v) is 23.7. The Labute approximate surface area is 233 Å². The lowest BCUT2D eigenvalue weighted by molar-refractivity contribution is -0.122. The van der Waals surface area contributed by atoms with Gasteiger partial charge < -0.3 is 9.64 Å². The molecule has 2 saturated heterocycles. The number of benzene rings is 1. The zero-order chi connectivity index (χ0) is 27.2. The van der Waals surface area contributed by atoms with Crippen molar-refractivity contribution in [2.45, 2.75) is 26.8 Å². The minimum Gasteiger partial charge on any atom is -0.382 e. The third kappa shape index (κ3) is 6.02. The Kier molecular flexibility index (Phi) is 9.39. The second-order valence-electron chi connectivity index (χ2n) is 9.35. The summed E-state index contributed by atoms with van der Waals surface area (Å²) in [6.45, 7) is 9.42. The molecule has 2 aliphatic heterocycles. The monoisotopic (exact) mass is 551 g/mol. The Morgan fingerprint density at radius 1 is 1.16 bits per heavy atom. The van der Waals surface area contributed by atoms with Crippen LogP contribution in [0.25, 0.3) is 6.08 Å². The summed E-state index contributed by atoms with van der Waals surface area (Å²) >= 11 is 6.77. The number of carbonyl (C=O) groups excluding carboxylic acids is 1. The molecule has 1 aromatic carbocycles. The summed E-state index contributed by atoms with van der Waals surface area (Å²) in [4.78, 5) is 33.0. The van der Waals surface area contributed by atoms with Crippen LogP contribution in [-0.2, 0) is 23.1 Å². The molecule has 200 valence electrons. The van der Waals surface area contributed by atoms with Crippen LogP contribution < -0.4 is 10.5 Å². The molecular formula is C28H33N5O3S2. The lowest BCUT2D eigenvalue weighted by Crippen LogP contribution is -2.48. The van der Waals surface area contributed by atoms with Gasteiger partial charge in [-0.25, -0.2) is 0 Å². The molecule has 38 heavy (non-hydrogen) atoms. The van der Waals surface area contributed by atoms with E-state index >= 15 is 0 Å². The first-order valence-electron chi connectivity index (χ1n) is 12.8. The first-order chi connectivity index (χ1) is 18.3. The highest BCUT2D eigenvalue weighted by Crippen LogP contribution is 2.36. The van der Waals surface area contributed by atoms with E-state index in [4.69, 9.17) is 17.0 Å². The van der Waals surface area contributed by atoms with Crippen molar-refractivity contribution in [3.63, 3.8) is 0 Å².